The molecule has 1 unspecified atom stereocenters. The number of allylic oxidation sites excluding steroid dienone is 2. The molecule has 2 N–H and O–H groups in total. The number of likely N-dealkylation sites (tertiary alicyclic amines) is 1. The van der Waals surface area contributed by atoms with Gasteiger partial charge in [0.25, 0.3) is 0 Å². The normalized spacial score (nSPS) is 31.7. The third-order valence-corrected chi connectivity index (χ3v) is 7.71. The molecule has 4 fully saturated rings. The van der Waals surface area contributed by atoms with Gasteiger partial charge < -0.3 is 10.6 Å². The van der Waals surface area contributed by atoms with Crippen molar-refractivity contribution in [3.63, 3.8) is 0 Å². The van der Waals surface area contributed by atoms with E-state index in [1.165, 1.54) is 12.0 Å². The Labute approximate surface area is 177 Å². The van der Waals surface area contributed by atoms with E-state index in [1.807, 2.05) is 9.58 Å². The molecule has 2 amide bonds. The SMILES string of the molecule is NC(=O)C1CCN(C(=O)[C@H]2CN3CC[C@@H]2C[C@@H]3Cn2cc(C3=CCCC3)nn2)CC1. The lowest BCUT2D eigenvalue weighted by molar-refractivity contribution is -0.146. The molecule has 30 heavy (non-hydrogen) atoms. The molecule has 4 atom stereocenters. The fraction of sp³-hybridized carbons (Fsp3) is 0.727. The topological polar surface area (TPSA) is 97.3 Å². The molecule has 6 rings (SSSR count). The van der Waals surface area contributed by atoms with Gasteiger partial charge >= 0.3 is 0 Å². The molecule has 0 saturated carbocycles. The number of hydrogen-bond donors (Lipinski definition) is 1. The molecule has 162 valence electrons. The number of rotatable bonds is 5. The summed E-state index contributed by atoms with van der Waals surface area (Å²) in [5, 5.41) is 8.75. The Kier molecular flexibility index (Phi) is 5.35. The first-order valence-electron chi connectivity index (χ1n) is 11.5. The van der Waals surface area contributed by atoms with Crippen molar-refractivity contribution in [1.29, 1.82) is 0 Å². The highest BCUT2D eigenvalue weighted by molar-refractivity contribution is 5.81. The van der Waals surface area contributed by atoms with E-state index in [4.69, 9.17) is 5.73 Å². The lowest BCUT2D eigenvalue weighted by Crippen LogP contribution is -2.59. The van der Waals surface area contributed by atoms with Crippen LogP contribution in [0.1, 0.15) is 50.6 Å². The molecule has 0 radical (unpaired) electrons. The number of nitrogens with two attached hydrogens (primary N) is 1. The minimum Gasteiger partial charge on any atom is -0.369 e. The summed E-state index contributed by atoms with van der Waals surface area (Å²) in [4.78, 5) is 29.0. The zero-order chi connectivity index (χ0) is 20.7. The zero-order valence-corrected chi connectivity index (χ0v) is 17.6. The predicted octanol–water partition coefficient (Wildman–Crippen LogP) is 1.28. The Morgan fingerprint density at radius 3 is 2.67 bits per heavy atom. The maximum absolute atomic E-state index is 13.2. The van der Waals surface area contributed by atoms with Gasteiger partial charge in [0, 0.05) is 31.6 Å². The van der Waals surface area contributed by atoms with Crippen molar-refractivity contribution < 1.29 is 9.59 Å². The highest BCUT2D eigenvalue weighted by Crippen LogP contribution is 2.38. The van der Waals surface area contributed by atoms with E-state index in [0.29, 0.717) is 37.9 Å². The second-order valence-electron chi connectivity index (χ2n) is 9.49. The first-order chi connectivity index (χ1) is 14.6. The van der Waals surface area contributed by atoms with Crippen LogP contribution in [0.3, 0.4) is 0 Å². The lowest BCUT2D eigenvalue weighted by Gasteiger charge is -2.50. The standard InChI is InChI=1S/C22H32N6O2/c23-21(29)16-5-8-26(9-6-16)22(30)19-13-27-10-7-17(19)11-18(27)12-28-14-20(24-25-28)15-3-1-2-4-15/h3,14,16-19H,1-2,4-13H2,(H2,23,29)/t17-,18-,19+/m1/s1. The Hall–Kier alpha value is -2.22. The molecule has 8 nitrogen and oxygen atoms in total. The molecule has 5 aliphatic rings. The summed E-state index contributed by atoms with van der Waals surface area (Å²) in [6.07, 6.45) is 11.4. The average Bonchev–Trinajstić information content (AvgIpc) is 3.46. The fourth-order valence-electron chi connectivity index (χ4n) is 5.88. The molecule has 4 saturated heterocycles. The van der Waals surface area contributed by atoms with Crippen LogP contribution in [0.25, 0.3) is 5.57 Å². The van der Waals surface area contributed by atoms with E-state index in [1.54, 1.807) is 0 Å². The first kappa shape index (κ1) is 19.7. The Morgan fingerprint density at radius 1 is 1.17 bits per heavy atom. The molecule has 2 bridgehead atoms. The van der Waals surface area contributed by atoms with Gasteiger partial charge in [0.05, 0.1) is 18.7 Å². The number of primary amides is 1. The third kappa shape index (κ3) is 3.77. The van der Waals surface area contributed by atoms with Gasteiger partial charge in [-0.1, -0.05) is 11.3 Å². The maximum atomic E-state index is 13.2. The van der Waals surface area contributed by atoms with Crippen LogP contribution in [0.15, 0.2) is 12.3 Å². The van der Waals surface area contributed by atoms with Crippen LogP contribution in [0.4, 0.5) is 0 Å². The quantitative estimate of drug-likeness (QED) is 0.786. The molecule has 5 heterocycles. The predicted molar refractivity (Wildman–Crippen MR) is 112 cm³/mol. The number of piperidine rings is 4. The van der Waals surface area contributed by atoms with Gasteiger partial charge in [0.1, 0.15) is 5.69 Å². The number of carbonyl (C=O) groups is 2. The molecule has 8 heteroatoms. The maximum Gasteiger partial charge on any atom is 0.227 e. The monoisotopic (exact) mass is 412 g/mol. The molecule has 1 aromatic heterocycles. The van der Waals surface area contributed by atoms with Gasteiger partial charge in [0.15, 0.2) is 0 Å². The molecule has 1 aromatic rings. The van der Waals surface area contributed by atoms with Crippen LogP contribution >= 0.6 is 0 Å². The largest absolute Gasteiger partial charge is 0.369 e. The summed E-state index contributed by atoms with van der Waals surface area (Å²) >= 11 is 0. The van der Waals surface area contributed by atoms with Crippen LogP contribution in [0, 0.1) is 17.8 Å². The van der Waals surface area contributed by atoms with E-state index in [2.05, 4.69) is 27.5 Å². The summed E-state index contributed by atoms with van der Waals surface area (Å²) < 4.78 is 1.99. The van der Waals surface area contributed by atoms with E-state index in [0.717, 1.165) is 51.0 Å². The van der Waals surface area contributed by atoms with Gasteiger partial charge in [-0.25, -0.2) is 0 Å². The molecule has 1 aliphatic carbocycles. The molecule has 0 spiro atoms. The summed E-state index contributed by atoms with van der Waals surface area (Å²) in [6.45, 7) is 4.08. The van der Waals surface area contributed by atoms with Crippen molar-refractivity contribution in [2.45, 2.75) is 57.5 Å². The average molecular weight is 413 g/mol. The van der Waals surface area contributed by atoms with Gasteiger partial charge in [-0.3, -0.25) is 19.2 Å². The van der Waals surface area contributed by atoms with Crippen molar-refractivity contribution in [2.75, 3.05) is 26.2 Å². The fourth-order valence-corrected chi connectivity index (χ4v) is 5.88. The lowest BCUT2D eigenvalue weighted by atomic mass is 9.74. The van der Waals surface area contributed by atoms with Crippen LogP contribution in [0.2, 0.25) is 0 Å². The van der Waals surface area contributed by atoms with Crippen LogP contribution in [0.5, 0.6) is 0 Å². The first-order valence-corrected chi connectivity index (χ1v) is 11.5. The molecule has 4 aliphatic heterocycles. The van der Waals surface area contributed by atoms with Crippen molar-refractivity contribution >= 4 is 17.4 Å². The van der Waals surface area contributed by atoms with E-state index in [9.17, 15) is 9.59 Å². The van der Waals surface area contributed by atoms with Crippen molar-refractivity contribution in [3.8, 4) is 0 Å². The van der Waals surface area contributed by atoms with Gasteiger partial charge in [0.2, 0.25) is 11.8 Å². The van der Waals surface area contributed by atoms with Gasteiger partial charge in [-0.15, -0.1) is 5.10 Å². The Balaban J connectivity index is 1.18. The van der Waals surface area contributed by atoms with E-state index < -0.39 is 0 Å². The molecular weight excluding hydrogens is 380 g/mol. The molecular formula is C22H32N6O2. The minimum atomic E-state index is -0.228. The van der Waals surface area contributed by atoms with Crippen molar-refractivity contribution in [3.05, 3.63) is 18.0 Å². The summed E-state index contributed by atoms with van der Waals surface area (Å²) in [6, 6.07) is 0.431. The highest BCUT2D eigenvalue weighted by Gasteiger charge is 2.45. The van der Waals surface area contributed by atoms with E-state index >= 15 is 0 Å². The number of aromatic nitrogens is 3. The minimum absolute atomic E-state index is 0.0717. The third-order valence-electron chi connectivity index (χ3n) is 7.71. The Bertz CT molecular complexity index is 840. The zero-order valence-electron chi connectivity index (χ0n) is 17.6. The van der Waals surface area contributed by atoms with Crippen LogP contribution < -0.4 is 5.73 Å². The van der Waals surface area contributed by atoms with E-state index in [-0.39, 0.29) is 23.7 Å². The number of fused-ring (bicyclic) bond motifs is 3. The van der Waals surface area contributed by atoms with Gasteiger partial charge in [-0.05, 0) is 63.0 Å². The van der Waals surface area contributed by atoms with Gasteiger partial charge in [-0.2, -0.15) is 0 Å². The second-order valence-corrected chi connectivity index (χ2v) is 9.49. The summed E-state index contributed by atoms with van der Waals surface area (Å²) in [5.74, 6) is 0.519. The Morgan fingerprint density at radius 2 is 2.00 bits per heavy atom. The summed E-state index contributed by atoms with van der Waals surface area (Å²) in [7, 11) is 0. The number of hydrogen-bond acceptors (Lipinski definition) is 5. The number of nitrogens with zero attached hydrogens (tertiary/aromatic N) is 5. The van der Waals surface area contributed by atoms with Crippen molar-refractivity contribution in [1.82, 2.24) is 24.8 Å². The smallest absolute Gasteiger partial charge is 0.227 e. The highest BCUT2D eigenvalue weighted by atomic mass is 16.2. The second kappa shape index (κ2) is 8.13. The van der Waals surface area contributed by atoms with Crippen LogP contribution in [-0.4, -0.2) is 68.8 Å². The molecule has 0 aromatic carbocycles. The number of amides is 2. The summed E-state index contributed by atoms with van der Waals surface area (Å²) in [5.41, 5.74) is 7.79. The number of carbonyl (C=O) groups excluding carboxylic acids is 2. The van der Waals surface area contributed by atoms with Crippen molar-refractivity contribution in [2.24, 2.45) is 23.5 Å². The van der Waals surface area contributed by atoms with Crippen LogP contribution in [-0.2, 0) is 16.1 Å².